The maximum absolute atomic E-state index is 13.4. The molecule has 0 aliphatic rings. The van der Waals surface area contributed by atoms with Gasteiger partial charge in [-0.15, -0.1) is 0 Å². The van der Waals surface area contributed by atoms with Crippen molar-refractivity contribution in [1.29, 1.82) is 0 Å². The van der Waals surface area contributed by atoms with E-state index < -0.39 is 6.67 Å². The third-order valence-electron chi connectivity index (χ3n) is 3.93. The molecule has 1 atom stereocenters. The van der Waals surface area contributed by atoms with Crippen LogP contribution >= 0.6 is 0 Å². The van der Waals surface area contributed by atoms with Crippen molar-refractivity contribution in [3.63, 3.8) is 0 Å². The van der Waals surface area contributed by atoms with Gasteiger partial charge in [-0.05, 0) is 43.5 Å². The zero-order valence-electron chi connectivity index (χ0n) is 15.6. The standard InChI is InChI=1S/C20H29FN2O3/c1-4-23(19(13-21)7-5-6-16(2)14-24)11-9-17(3)26-15-18-8-10-22-20(25)12-18/h5-8,10,12,17,24H,2,4,9,11,13-15H2,1,3H3,(H,22,25)/b6-5-,19-7+. The van der Waals surface area contributed by atoms with Gasteiger partial charge in [-0.1, -0.05) is 18.7 Å². The molecule has 6 heteroatoms. The molecule has 0 bridgehead atoms. The fourth-order valence-electron chi connectivity index (χ4n) is 2.33. The van der Waals surface area contributed by atoms with Crippen LogP contribution in [-0.4, -0.2) is 47.5 Å². The van der Waals surface area contributed by atoms with Gasteiger partial charge in [0.2, 0.25) is 5.56 Å². The summed E-state index contributed by atoms with van der Waals surface area (Å²) in [6, 6.07) is 3.32. The number of hydrogen-bond acceptors (Lipinski definition) is 4. The monoisotopic (exact) mass is 364 g/mol. The Morgan fingerprint density at radius 1 is 1.54 bits per heavy atom. The quantitative estimate of drug-likeness (QED) is 0.560. The van der Waals surface area contributed by atoms with Gasteiger partial charge in [0.25, 0.3) is 0 Å². The summed E-state index contributed by atoms with van der Waals surface area (Å²) >= 11 is 0. The van der Waals surface area contributed by atoms with Crippen molar-refractivity contribution in [1.82, 2.24) is 9.88 Å². The summed E-state index contributed by atoms with van der Waals surface area (Å²) in [4.78, 5) is 15.8. The Hall–Kier alpha value is -2.18. The Bertz CT molecular complexity index is 667. The van der Waals surface area contributed by atoms with Crippen LogP contribution in [0.3, 0.4) is 0 Å². The first-order chi connectivity index (χ1) is 12.5. The fraction of sp³-hybridized carbons (Fsp3) is 0.450. The SMILES string of the molecule is C=C(/C=C\C=C(/CF)N(CC)CCC(C)OCc1cc[nH]c(=O)c1)CO. The maximum Gasteiger partial charge on any atom is 0.248 e. The predicted molar refractivity (Wildman–Crippen MR) is 103 cm³/mol. The molecule has 1 aromatic rings. The summed E-state index contributed by atoms with van der Waals surface area (Å²) < 4.78 is 19.1. The van der Waals surface area contributed by atoms with Crippen LogP contribution < -0.4 is 5.56 Å². The van der Waals surface area contributed by atoms with E-state index in [9.17, 15) is 9.18 Å². The van der Waals surface area contributed by atoms with E-state index >= 15 is 0 Å². The Balaban J connectivity index is 2.52. The molecule has 1 aromatic heterocycles. The van der Waals surface area contributed by atoms with Crippen molar-refractivity contribution in [3.8, 4) is 0 Å². The first-order valence-electron chi connectivity index (χ1n) is 8.76. The van der Waals surface area contributed by atoms with E-state index in [1.54, 1.807) is 24.4 Å². The molecular formula is C20H29FN2O3. The van der Waals surface area contributed by atoms with Gasteiger partial charge >= 0.3 is 0 Å². The van der Waals surface area contributed by atoms with E-state index in [4.69, 9.17) is 9.84 Å². The van der Waals surface area contributed by atoms with E-state index in [0.29, 0.717) is 31.0 Å². The minimum absolute atomic E-state index is 0.0195. The van der Waals surface area contributed by atoms with Crippen molar-refractivity contribution < 1.29 is 14.2 Å². The lowest BCUT2D eigenvalue weighted by Crippen LogP contribution is -2.27. The number of aromatic amines is 1. The van der Waals surface area contributed by atoms with Crippen molar-refractivity contribution in [2.24, 2.45) is 0 Å². The smallest absolute Gasteiger partial charge is 0.248 e. The highest BCUT2D eigenvalue weighted by atomic mass is 19.1. The average molecular weight is 364 g/mol. The van der Waals surface area contributed by atoms with Crippen molar-refractivity contribution in [2.45, 2.75) is 33.0 Å². The number of aromatic nitrogens is 1. The van der Waals surface area contributed by atoms with E-state index in [2.05, 4.69) is 11.6 Å². The molecule has 1 rings (SSSR count). The van der Waals surface area contributed by atoms with Gasteiger partial charge in [0, 0.05) is 31.0 Å². The van der Waals surface area contributed by atoms with Crippen LogP contribution in [0.15, 0.2) is 59.2 Å². The first kappa shape index (κ1) is 21.9. The number of allylic oxidation sites excluding steroid dienone is 3. The lowest BCUT2D eigenvalue weighted by Gasteiger charge is -2.26. The van der Waals surface area contributed by atoms with Crippen LogP contribution in [0.25, 0.3) is 0 Å². The fourth-order valence-corrected chi connectivity index (χ4v) is 2.33. The zero-order chi connectivity index (χ0) is 19.4. The van der Waals surface area contributed by atoms with Crippen LogP contribution in [0, 0.1) is 0 Å². The number of nitrogens with one attached hydrogen (secondary N) is 1. The van der Waals surface area contributed by atoms with Crippen molar-refractivity contribution >= 4 is 0 Å². The van der Waals surface area contributed by atoms with Crippen molar-refractivity contribution in [3.05, 3.63) is 70.3 Å². The minimum Gasteiger partial charge on any atom is -0.392 e. The molecule has 0 radical (unpaired) electrons. The van der Waals surface area contributed by atoms with Crippen LogP contribution in [0.4, 0.5) is 4.39 Å². The first-order valence-corrected chi connectivity index (χ1v) is 8.76. The molecular weight excluding hydrogens is 335 g/mol. The van der Waals surface area contributed by atoms with Crippen LogP contribution in [0.2, 0.25) is 0 Å². The third kappa shape index (κ3) is 8.27. The van der Waals surface area contributed by atoms with Gasteiger partial charge in [0.05, 0.1) is 19.3 Å². The second kappa shape index (κ2) is 12.2. The molecule has 2 N–H and O–H groups in total. The number of rotatable bonds is 12. The molecule has 0 saturated carbocycles. The number of hydrogen-bond donors (Lipinski definition) is 2. The summed E-state index contributed by atoms with van der Waals surface area (Å²) in [6.07, 6.45) is 7.38. The second-order valence-electron chi connectivity index (χ2n) is 6.02. The highest BCUT2D eigenvalue weighted by molar-refractivity contribution is 5.22. The molecule has 0 fully saturated rings. The molecule has 0 spiro atoms. The summed E-state index contributed by atoms with van der Waals surface area (Å²) in [6.45, 7) is 8.64. The van der Waals surface area contributed by atoms with Gasteiger partial charge in [-0.25, -0.2) is 4.39 Å². The number of aliphatic hydroxyl groups excluding tert-OH is 1. The van der Waals surface area contributed by atoms with Gasteiger partial charge < -0.3 is 19.7 Å². The Kier molecular flexibility index (Phi) is 10.3. The van der Waals surface area contributed by atoms with E-state index in [0.717, 1.165) is 12.0 Å². The molecule has 0 aliphatic carbocycles. The molecule has 0 aromatic carbocycles. The van der Waals surface area contributed by atoms with Gasteiger partial charge in [-0.3, -0.25) is 4.79 Å². The highest BCUT2D eigenvalue weighted by Gasteiger charge is 2.10. The van der Waals surface area contributed by atoms with Gasteiger partial charge in [-0.2, -0.15) is 0 Å². The Labute approximate surface area is 154 Å². The number of nitrogens with zero attached hydrogens (tertiary/aromatic N) is 1. The van der Waals surface area contributed by atoms with E-state index in [-0.39, 0.29) is 18.3 Å². The largest absolute Gasteiger partial charge is 0.392 e. The molecule has 5 nitrogen and oxygen atoms in total. The molecule has 0 amide bonds. The summed E-state index contributed by atoms with van der Waals surface area (Å²) in [5.74, 6) is 0. The Morgan fingerprint density at radius 2 is 2.31 bits per heavy atom. The van der Waals surface area contributed by atoms with Crippen LogP contribution in [-0.2, 0) is 11.3 Å². The summed E-state index contributed by atoms with van der Waals surface area (Å²) in [5.41, 5.74) is 1.83. The topological polar surface area (TPSA) is 65.6 Å². The maximum atomic E-state index is 13.4. The van der Waals surface area contributed by atoms with Crippen LogP contribution in [0.5, 0.6) is 0 Å². The zero-order valence-corrected chi connectivity index (χ0v) is 15.6. The van der Waals surface area contributed by atoms with E-state index in [1.165, 1.54) is 6.07 Å². The average Bonchev–Trinajstić information content (AvgIpc) is 2.65. The number of ether oxygens (including phenoxy) is 1. The second-order valence-corrected chi connectivity index (χ2v) is 6.02. The molecule has 144 valence electrons. The number of halogens is 1. The van der Waals surface area contributed by atoms with Crippen LogP contribution in [0.1, 0.15) is 25.8 Å². The molecule has 0 aliphatic heterocycles. The number of H-pyrrole nitrogens is 1. The lowest BCUT2D eigenvalue weighted by molar-refractivity contribution is 0.0422. The normalized spacial score (nSPS) is 13.2. The molecule has 1 unspecified atom stereocenters. The number of aliphatic hydroxyl groups is 1. The molecule has 1 heterocycles. The minimum atomic E-state index is -0.564. The molecule has 26 heavy (non-hydrogen) atoms. The van der Waals surface area contributed by atoms with Gasteiger partial charge in [0.15, 0.2) is 0 Å². The Morgan fingerprint density at radius 3 is 2.92 bits per heavy atom. The van der Waals surface area contributed by atoms with E-state index in [1.807, 2.05) is 24.8 Å². The lowest BCUT2D eigenvalue weighted by atomic mass is 10.2. The third-order valence-corrected chi connectivity index (χ3v) is 3.93. The van der Waals surface area contributed by atoms with Gasteiger partial charge in [0.1, 0.15) is 6.67 Å². The summed E-state index contributed by atoms with van der Waals surface area (Å²) in [7, 11) is 0. The summed E-state index contributed by atoms with van der Waals surface area (Å²) in [5, 5.41) is 8.92. The van der Waals surface area contributed by atoms with Crippen molar-refractivity contribution in [2.75, 3.05) is 26.4 Å². The highest BCUT2D eigenvalue weighted by Crippen LogP contribution is 2.10. The number of pyridine rings is 1. The molecule has 0 saturated heterocycles. The number of alkyl halides is 1. The predicted octanol–water partition coefficient (Wildman–Crippen LogP) is 2.95.